The third kappa shape index (κ3) is 3.25. The van der Waals surface area contributed by atoms with Gasteiger partial charge in [-0.15, -0.1) is 0 Å². The van der Waals surface area contributed by atoms with Crippen LogP contribution in [0.3, 0.4) is 0 Å². The average molecular weight is 359 g/mol. The Bertz CT molecular complexity index is 910. The summed E-state index contributed by atoms with van der Waals surface area (Å²) in [4.78, 5) is 0. The van der Waals surface area contributed by atoms with Crippen LogP contribution in [0.2, 0.25) is 0 Å². The van der Waals surface area contributed by atoms with Gasteiger partial charge >= 0.3 is 0 Å². The second kappa shape index (κ2) is 6.71. The number of hydrogen-bond acceptors (Lipinski definition) is 1. The van der Waals surface area contributed by atoms with Crippen molar-refractivity contribution in [2.75, 3.05) is 0 Å². The van der Waals surface area contributed by atoms with Crippen molar-refractivity contribution in [2.45, 2.75) is 51.9 Å². The summed E-state index contributed by atoms with van der Waals surface area (Å²) in [5, 5.41) is 11.2. The Morgan fingerprint density at radius 3 is 2.44 bits per heavy atom. The van der Waals surface area contributed by atoms with Crippen LogP contribution >= 0.6 is 0 Å². The molecule has 4 rings (SSSR count). The van der Waals surface area contributed by atoms with Crippen LogP contribution in [0.1, 0.15) is 56.2 Å². The molecule has 1 nitrogen and oxygen atoms in total. The van der Waals surface area contributed by atoms with E-state index in [4.69, 9.17) is 0 Å². The molecule has 0 heterocycles. The normalized spacial score (nSPS) is 24.2. The molecular weight excluding hydrogens is 328 g/mol. The van der Waals surface area contributed by atoms with E-state index >= 15 is 0 Å². The monoisotopic (exact) mass is 358 g/mol. The summed E-state index contributed by atoms with van der Waals surface area (Å²) in [6, 6.07) is 13.0. The number of allylic oxidation sites excluding steroid dienone is 4. The van der Waals surface area contributed by atoms with Crippen LogP contribution in [0.25, 0.3) is 11.1 Å². The molecule has 0 radical (unpaired) electrons. The molecule has 0 amide bonds. The Balaban J connectivity index is 1.85. The van der Waals surface area contributed by atoms with E-state index < -0.39 is 0 Å². The molecule has 2 aromatic carbocycles. The highest BCUT2D eigenvalue weighted by atomic mass is 16.3. The zero-order valence-electron chi connectivity index (χ0n) is 16.9. The van der Waals surface area contributed by atoms with Crippen molar-refractivity contribution in [3.63, 3.8) is 0 Å². The Morgan fingerprint density at radius 2 is 1.67 bits per heavy atom. The van der Waals surface area contributed by atoms with Gasteiger partial charge in [0.15, 0.2) is 0 Å². The van der Waals surface area contributed by atoms with E-state index in [1.807, 2.05) is 0 Å². The molecule has 0 bridgehead atoms. The van der Waals surface area contributed by atoms with E-state index in [9.17, 15) is 5.11 Å². The zero-order chi connectivity index (χ0) is 19.2. The summed E-state index contributed by atoms with van der Waals surface area (Å²) in [7, 11) is 0. The maximum Gasteiger partial charge on any atom is 0.127 e. The molecule has 27 heavy (non-hydrogen) atoms. The van der Waals surface area contributed by atoms with Crippen LogP contribution in [-0.4, -0.2) is 5.11 Å². The molecule has 1 heteroatoms. The van der Waals surface area contributed by atoms with Gasteiger partial charge in [0.2, 0.25) is 0 Å². The topological polar surface area (TPSA) is 20.2 Å². The molecule has 2 aliphatic rings. The Labute approximate surface area is 163 Å². The Kier molecular flexibility index (Phi) is 4.50. The van der Waals surface area contributed by atoms with Gasteiger partial charge in [-0.25, -0.2) is 0 Å². The van der Waals surface area contributed by atoms with E-state index in [0.717, 1.165) is 11.1 Å². The fraction of sp³-hybridized carbons (Fsp3) is 0.385. The summed E-state index contributed by atoms with van der Waals surface area (Å²) < 4.78 is 0. The van der Waals surface area contributed by atoms with Crippen molar-refractivity contribution in [1.29, 1.82) is 0 Å². The lowest BCUT2D eigenvalue weighted by molar-refractivity contribution is 0.448. The molecule has 140 valence electrons. The van der Waals surface area contributed by atoms with Gasteiger partial charge in [-0.1, -0.05) is 75.4 Å². The standard InChI is InChI=1S/C26H30O/c1-17-15-23(25(27)24(16-17)26(2,3)4)21-12-8-7-11-20(21)22-14-13-18-9-5-6-10-19(18)22/h5-12,15-16,18-19,22,27H,13-14H2,1-4H3. The molecule has 3 atom stereocenters. The van der Waals surface area contributed by atoms with Gasteiger partial charge in [-0.2, -0.15) is 0 Å². The molecule has 2 aliphatic carbocycles. The quantitative estimate of drug-likeness (QED) is 0.619. The summed E-state index contributed by atoms with van der Waals surface area (Å²) in [5.74, 6) is 2.19. The first-order valence-electron chi connectivity index (χ1n) is 10.1. The van der Waals surface area contributed by atoms with Gasteiger partial charge in [0.1, 0.15) is 5.75 Å². The molecular formula is C26H30O. The van der Waals surface area contributed by atoms with Crippen molar-refractivity contribution in [3.8, 4) is 16.9 Å². The van der Waals surface area contributed by atoms with E-state index in [0.29, 0.717) is 23.5 Å². The van der Waals surface area contributed by atoms with Crippen molar-refractivity contribution < 1.29 is 5.11 Å². The van der Waals surface area contributed by atoms with Crippen LogP contribution in [0.5, 0.6) is 5.75 Å². The maximum atomic E-state index is 11.2. The van der Waals surface area contributed by atoms with Crippen molar-refractivity contribution >= 4 is 0 Å². The van der Waals surface area contributed by atoms with Gasteiger partial charge in [0, 0.05) is 11.1 Å². The molecule has 3 unspecified atom stereocenters. The van der Waals surface area contributed by atoms with E-state index in [1.165, 1.54) is 29.5 Å². The number of aryl methyl sites for hydroxylation is 1. The highest BCUT2D eigenvalue weighted by Crippen LogP contribution is 2.50. The second-order valence-corrected chi connectivity index (χ2v) is 9.24. The second-order valence-electron chi connectivity index (χ2n) is 9.24. The van der Waals surface area contributed by atoms with Gasteiger partial charge in [0.05, 0.1) is 0 Å². The number of aromatic hydroxyl groups is 1. The molecule has 0 spiro atoms. The number of benzene rings is 2. The van der Waals surface area contributed by atoms with Crippen LogP contribution in [-0.2, 0) is 5.41 Å². The predicted molar refractivity (Wildman–Crippen MR) is 114 cm³/mol. The average Bonchev–Trinajstić information content (AvgIpc) is 3.06. The first-order valence-corrected chi connectivity index (χ1v) is 10.1. The molecule has 0 saturated heterocycles. The highest BCUT2D eigenvalue weighted by molar-refractivity contribution is 5.76. The van der Waals surface area contributed by atoms with Crippen LogP contribution in [0, 0.1) is 18.8 Å². The van der Waals surface area contributed by atoms with Crippen LogP contribution in [0.4, 0.5) is 0 Å². The zero-order valence-corrected chi connectivity index (χ0v) is 16.9. The maximum absolute atomic E-state index is 11.2. The van der Waals surface area contributed by atoms with Crippen molar-refractivity contribution in [2.24, 2.45) is 11.8 Å². The van der Waals surface area contributed by atoms with Gasteiger partial charge in [0.25, 0.3) is 0 Å². The number of rotatable bonds is 2. The lowest BCUT2D eigenvalue weighted by Gasteiger charge is -2.26. The summed E-state index contributed by atoms with van der Waals surface area (Å²) in [6.07, 6.45) is 11.6. The predicted octanol–water partition coefficient (Wildman–Crippen LogP) is 6.90. The largest absolute Gasteiger partial charge is 0.507 e. The smallest absolute Gasteiger partial charge is 0.127 e. The lowest BCUT2D eigenvalue weighted by Crippen LogP contribution is -2.13. The summed E-state index contributed by atoms with van der Waals surface area (Å²) >= 11 is 0. The number of phenolic OH excluding ortho intramolecular Hbond substituents is 1. The van der Waals surface area contributed by atoms with Crippen LogP contribution < -0.4 is 0 Å². The Hall–Kier alpha value is -2.28. The first-order chi connectivity index (χ1) is 12.9. The van der Waals surface area contributed by atoms with Gasteiger partial charge < -0.3 is 5.11 Å². The van der Waals surface area contributed by atoms with E-state index in [-0.39, 0.29) is 5.41 Å². The number of phenols is 1. The fourth-order valence-electron chi connectivity index (χ4n) is 4.94. The number of fused-ring (bicyclic) bond motifs is 1. The van der Waals surface area contributed by atoms with Crippen molar-refractivity contribution in [3.05, 3.63) is 77.4 Å². The van der Waals surface area contributed by atoms with Crippen molar-refractivity contribution in [1.82, 2.24) is 0 Å². The fourth-order valence-corrected chi connectivity index (χ4v) is 4.94. The molecule has 1 N–H and O–H groups in total. The minimum absolute atomic E-state index is 0.0881. The minimum atomic E-state index is -0.0881. The van der Waals surface area contributed by atoms with Gasteiger partial charge in [-0.3, -0.25) is 0 Å². The Morgan fingerprint density at radius 1 is 0.926 bits per heavy atom. The summed E-state index contributed by atoms with van der Waals surface area (Å²) in [5.41, 5.74) is 5.69. The molecule has 0 aromatic heterocycles. The number of hydrogen-bond donors (Lipinski definition) is 1. The molecule has 1 fully saturated rings. The summed E-state index contributed by atoms with van der Waals surface area (Å²) in [6.45, 7) is 8.62. The lowest BCUT2D eigenvalue weighted by atomic mass is 9.78. The van der Waals surface area contributed by atoms with E-state index in [1.54, 1.807) is 0 Å². The third-order valence-corrected chi connectivity index (χ3v) is 6.29. The molecule has 0 aliphatic heterocycles. The SMILES string of the molecule is Cc1cc(-c2ccccc2C2CCC3C=CC=CC32)c(O)c(C(C)(C)C)c1. The van der Waals surface area contributed by atoms with Crippen LogP contribution in [0.15, 0.2) is 60.7 Å². The third-order valence-electron chi connectivity index (χ3n) is 6.29. The van der Waals surface area contributed by atoms with Gasteiger partial charge in [-0.05, 0) is 65.7 Å². The van der Waals surface area contributed by atoms with E-state index in [2.05, 4.69) is 88.4 Å². The molecule has 2 aromatic rings. The molecule has 1 saturated carbocycles. The first kappa shape index (κ1) is 18.1. The minimum Gasteiger partial charge on any atom is -0.507 e. The highest BCUT2D eigenvalue weighted by Gasteiger charge is 2.36.